The molecule has 0 aliphatic carbocycles. The van der Waals surface area contributed by atoms with Gasteiger partial charge in [-0.05, 0) is 37.2 Å². The first kappa shape index (κ1) is 13.9. The molecule has 0 aliphatic heterocycles. The number of hydrogen-bond donors (Lipinski definition) is 3. The summed E-state index contributed by atoms with van der Waals surface area (Å²) in [6.45, 7) is 0. The molecule has 0 heterocycles. The van der Waals surface area contributed by atoms with Gasteiger partial charge in [0.2, 0.25) is 7.37 Å². The summed E-state index contributed by atoms with van der Waals surface area (Å²) in [5, 5.41) is 0. The maximum absolute atomic E-state index is 11.5. The average Bonchev–Trinajstić information content (AvgIpc) is 2.05. The zero-order valence-electron chi connectivity index (χ0n) is 7.85. The smallest absolute Gasteiger partial charge is 0.200 e. The lowest BCUT2D eigenvalue weighted by Crippen LogP contribution is -1.96. The zero-order chi connectivity index (χ0) is 10.2. The van der Waals surface area contributed by atoms with E-state index in [9.17, 15) is 9.46 Å². The highest BCUT2D eigenvalue weighted by atomic mass is 32.1. The Bertz CT molecular complexity index is 150. The molecule has 0 fully saturated rings. The van der Waals surface area contributed by atoms with Crippen LogP contribution in [0, 0.1) is 0 Å². The molecule has 80 valence electrons. The Hall–Kier alpha value is 0.890. The van der Waals surface area contributed by atoms with Crippen molar-refractivity contribution in [2.75, 3.05) is 23.8 Å². The molecule has 0 spiro atoms. The highest BCUT2D eigenvalue weighted by molar-refractivity contribution is 7.80. The Balaban J connectivity index is 3.49. The summed E-state index contributed by atoms with van der Waals surface area (Å²) in [4.78, 5) is 9.47. The van der Waals surface area contributed by atoms with E-state index in [1.54, 1.807) is 0 Å². The molecule has 0 saturated heterocycles. The molecule has 0 rings (SSSR count). The van der Waals surface area contributed by atoms with E-state index in [0.29, 0.717) is 12.3 Å². The predicted molar refractivity (Wildman–Crippen MR) is 65.7 cm³/mol. The topological polar surface area (TPSA) is 37.3 Å². The zero-order valence-corrected chi connectivity index (χ0v) is 10.5. The molecular weight excluding hydrogens is 223 g/mol. The standard InChI is InChI=1S/C8H19O2PS2/c9-11(10,5-1-3-7-12)6-2-4-8-13/h12-13H,1-8H2,(H,9,10). The minimum atomic E-state index is -2.82. The largest absolute Gasteiger partial charge is 0.344 e. The SMILES string of the molecule is O=P(O)(CCCCS)CCCCS. The lowest BCUT2D eigenvalue weighted by molar-refractivity contribution is 0.473. The van der Waals surface area contributed by atoms with Crippen LogP contribution in [0.2, 0.25) is 0 Å². The Kier molecular flexibility index (Phi) is 8.78. The summed E-state index contributed by atoms with van der Waals surface area (Å²) in [7, 11) is -2.82. The number of hydrogen-bond acceptors (Lipinski definition) is 3. The van der Waals surface area contributed by atoms with Gasteiger partial charge in [-0.2, -0.15) is 25.3 Å². The second-order valence-corrected chi connectivity index (χ2v) is 6.64. The van der Waals surface area contributed by atoms with E-state index in [4.69, 9.17) is 0 Å². The van der Waals surface area contributed by atoms with Crippen molar-refractivity contribution in [1.82, 2.24) is 0 Å². The summed E-state index contributed by atoms with van der Waals surface area (Å²) in [5.74, 6) is 1.60. The first-order valence-corrected chi connectivity index (χ1v) is 7.94. The molecule has 1 N–H and O–H groups in total. The van der Waals surface area contributed by atoms with Gasteiger partial charge >= 0.3 is 0 Å². The van der Waals surface area contributed by atoms with Gasteiger partial charge in [0.15, 0.2) is 0 Å². The van der Waals surface area contributed by atoms with Gasteiger partial charge in [-0.25, -0.2) is 0 Å². The minimum absolute atomic E-state index is 0.458. The third-order valence-electron chi connectivity index (χ3n) is 1.83. The molecule has 0 aliphatic rings. The highest BCUT2D eigenvalue weighted by Gasteiger charge is 2.15. The summed E-state index contributed by atoms with van der Waals surface area (Å²) < 4.78 is 11.5. The molecule has 0 aromatic heterocycles. The van der Waals surface area contributed by atoms with Crippen LogP contribution in [0.5, 0.6) is 0 Å². The van der Waals surface area contributed by atoms with Crippen LogP contribution in [0.3, 0.4) is 0 Å². The van der Waals surface area contributed by atoms with Gasteiger partial charge in [-0.3, -0.25) is 4.57 Å². The van der Waals surface area contributed by atoms with Crippen LogP contribution in [0.25, 0.3) is 0 Å². The van der Waals surface area contributed by atoms with Crippen molar-refractivity contribution in [1.29, 1.82) is 0 Å². The van der Waals surface area contributed by atoms with Crippen LogP contribution in [-0.4, -0.2) is 28.7 Å². The van der Waals surface area contributed by atoms with Gasteiger partial charge in [-0.15, -0.1) is 0 Å². The fourth-order valence-electron chi connectivity index (χ4n) is 1.05. The molecule has 0 atom stereocenters. The van der Waals surface area contributed by atoms with Gasteiger partial charge in [-0.1, -0.05) is 0 Å². The Morgan fingerprint density at radius 3 is 1.62 bits per heavy atom. The van der Waals surface area contributed by atoms with Crippen molar-refractivity contribution < 1.29 is 9.46 Å². The van der Waals surface area contributed by atoms with Crippen molar-refractivity contribution in [3.8, 4) is 0 Å². The second kappa shape index (κ2) is 8.22. The molecule has 0 radical (unpaired) electrons. The van der Waals surface area contributed by atoms with Crippen LogP contribution in [0.4, 0.5) is 0 Å². The monoisotopic (exact) mass is 242 g/mol. The summed E-state index contributed by atoms with van der Waals surface area (Å²) in [6, 6.07) is 0. The second-order valence-electron chi connectivity index (χ2n) is 3.15. The lowest BCUT2D eigenvalue weighted by atomic mass is 10.4. The minimum Gasteiger partial charge on any atom is -0.344 e. The molecular formula is C8H19O2PS2. The van der Waals surface area contributed by atoms with Crippen LogP contribution < -0.4 is 0 Å². The van der Waals surface area contributed by atoms with Crippen molar-refractivity contribution in [2.24, 2.45) is 0 Å². The van der Waals surface area contributed by atoms with Gasteiger partial charge in [0.05, 0.1) is 0 Å². The van der Waals surface area contributed by atoms with Crippen LogP contribution in [0.15, 0.2) is 0 Å². The lowest BCUT2D eigenvalue weighted by Gasteiger charge is -2.10. The predicted octanol–water partition coefficient (Wildman–Crippen LogP) is 2.68. The molecule has 0 aromatic carbocycles. The first-order valence-electron chi connectivity index (χ1n) is 4.65. The van der Waals surface area contributed by atoms with Crippen molar-refractivity contribution >= 4 is 32.6 Å². The van der Waals surface area contributed by atoms with Crippen molar-refractivity contribution in [3.05, 3.63) is 0 Å². The van der Waals surface area contributed by atoms with Crippen LogP contribution in [0.1, 0.15) is 25.7 Å². The number of unbranched alkanes of at least 4 members (excludes halogenated alkanes) is 2. The fourth-order valence-corrected chi connectivity index (χ4v) is 3.16. The average molecular weight is 242 g/mol. The third-order valence-corrected chi connectivity index (χ3v) is 4.49. The van der Waals surface area contributed by atoms with Gasteiger partial charge in [0.25, 0.3) is 0 Å². The van der Waals surface area contributed by atoms with Crippen molar-refractivity contribution in [3.63, 3.8) is 0 Å². The Morgan fingerprint density at radius 1 is 0.923 bits per heavy atom. The van der Waals surface area contributed by atoms with Gasteiger partial charge in [0, 0.05) is 12.3 Å². The molecule has 0 unspecified atom stereocenters. The summed E-state index contributed by atoms with van der Waals surface area (Å²) in [5.41, 5.74) is 0. The quantitative estimate of drug-likeness (QED) is 0.348. The Labute approximate surface area is 91.8 Å². The number of thiol groups is 2. The molecule has 0 aromatic rings. The van der Waals surface area contributed by atoms with E-state index in [1.807, 2.05) is 0 Å². The fraction of sp³-hybridized carbons (Fsp3) is 1.00. The molecule has 0 bridgehead atoms. The third kappa shape index (κ3) is 9.20. The molecule has 13 heavy (non-hydrogen) atoms. The maximum Gasteiger partial charge on any atom is 0.200 e. The van der Waals surface area contributed by atoms with E-state index < -0.39 is 7.37 Å². The van der Waals surface area contributed by atoms with E-state index in [1.165, 1.54) is 0 Å². The molecule has 0 amide bonds. The summed E-state index contributed by atoms with van der Waals surface area (Å²) >= 11 is 8.11. The van der Waals surface area contributed by atoms with Crippen LogP contribution in [-0.2, 0) is 4.57 Å². The van der Waals surface area contributed by atoms with Gasteiger partial charge in [0.1, 0.15) is 0 Å². The molecule has 0 saturated carbocycles. The normalized spacial score (nSPS) is 11.9. The molecule has 5 heteroatoms. The van der Waals surface area contributed by atoms with Crippen molar-refractivity contribution in [2.45, 2.75) is 25.7 Å². The Morgan fingerprint density at radius 2 is 1.31 bits per heavy atom. The first-order chi connectivity index (χ1) is 6.12. The van der Waals surface area contributed by atoms with Gasteiger partial charge < -0.3 is 4.89 Å². The summed E-state index contributed by atoms with van der Waals surface area (Å²) in [6.07, 6.45) is 4.41. The van der Waals surface area contributed by atoms with E-state index in [0.717, 1.165) is 37.2 Å². The highest BCUT2D eigenvalue weighted by Crippen LogP contribution is 2.42. The number of rotatable bonds is 8. The molecule has 2 nitrogen and oxygen atoms in total. The van der Waals surface area contributed by atoms with Crippen LogP contribution >= 0.6 is 32.6 Å². The maximum atomic E-state index is 11.5. The van der Waals surface area contributed by atoms with E-state index in [2.05, 4.69) is 25.3 Å². The van der Waals surface area contributed by atoms with E-state index >= 15 is 0 Å². The van der Waals surface area contributed by atoms with E-state index in [-0.39, 0.29) is 0 Å².